The molecule has 0 bridgehead atoms. The van der Waals surface area contributed by atoms with Crippen molar-refractivity contribution in [2.24, 2.45) is 0 Å². The van der Waals surface area contributed by atoms with Gasteiger partial charge in [0, 0.05) is 11.1 Å². The van der Waals surface area contributed by atoms with Crippen molar-refractivity contribution in [2.75, 3.05) is 5.73 Å². The molecule has 1 aromatic heterocycles. The minimum Gasteiger partial charge on any atom is -0.383 e. The highest BCUT2D eigenvalue weighted by Gasteiger charge is 2.13. The van der Waals surface area contributed by atoms with E-state index in [1.54, 1.807) is 0 Å². The van der Waals surface area contributed by atoms with E-state index in [1.165, 1.54) is 36.7 Å². The van der Waals surface area contributed by atoms with Crippen molar-refractivity contribution < 1.29 is 0 Å². The smallest absolute Gasteiger partial charge is 0.130 e. The van der Waals surface area contributed by atoms with E-state index in [0.717, 1.165) is 16.8 Å². The molecule has 0 saturated heterocycles. The van der Waals surface area contributed by atoms with Crippen molar-refractivity contribution >= 4 is 5.82 Å². The van der Waals surface area contributed by atoms with Crippen molar-refractivity contribution in [3.63, 3.8) is 0 Å². The van der Waals surface area contributed by atoms with Crippen LogP contribution in [0.25, 0.3) is 11.3 Å². The van der Waals surface area contributed by atoms with E-state index < -0.39 is 0 Å². The number of hydrogen-bond donors (Lipinski definition) is 1. The Balaban J connectivity index is 2.13. The van der Waals surface area contributed by atoms with Gasteiger partial charge in [-0.05, 0) is 43.4 Å². The van der Waals surface area contributed by atoms with Gasteiger partial charge in [-0.3, -0.25) is 0 Å². The number of benzene rings is 1. The van der Waals surface area contributed by atoms with Crippen LogP contribution in [0.15, 0.2) is 24.5 Å². The summed E-state index contributed by atoms with van der Waals surface area (Å²) in [6.07, 6.45) is 5.19. The van der Waals surface area contributed by atoms with Gasteiger partial charge in [-0.1, -0.05) is 12.1 Å². The van der Waals surface area contributed by atoms with Gasteiger partial charge < -0.3 is 5.73 Å². The molecule has 0 atom stereocenters. The molecule has 86 valence electrons. The second-order valence-corrected chi connectivity index (χ2v) is 4.57. The molecule has 0 amide bonds. The Morgan fingerprint density at radius 3 is 2.82 bits per heavy atom. The van der Waals surface area contributed by atoms with Crippen molar-refractivity contribution in [3.8, 4) is 11.3 Å². The molecule has 17 heavy (non-hydrogen) atoms. The molecule has 0 aliphatic heterocycles. The molecule has 0 radical (unpaired) electrons. The van der Waals surface area contributed by atoms with Gasteiger partial charge in [-0.15, -0.1) is 0 Å². The summed E-state index contributed by atoms with van der Waals surface area (Å²) in [5.41, 5.74) is 11.8. The molecule has 1 aliphatic rings. The second kappa shape index (κ2) is 3.84. The summed E-state index contributed by atoms with van der Waals surface area (Å²) >= 11 is 0. The average molecular weight is 225 g/mol. The minimum absolute atomic E-state index is 0.565. The van der Waals surface area contributed by atoms with Crippen molar-refractivity contribution in [1.82, 2.24) is 9.97 Å². The first-order valence-electron chi connectivity index (χ1n) is 5.95. The average Bonchev–Trinajstić information content (AvgIpc) is 2.79. The van der Waals surface area contributed by atoms with Crippen LogP contribution >= 0.6 is 0 Å². The third kappa shape index (κ3) is 1.68. The lowest BCUT2D eigenvalue weighted by Crippen LogP contribution is -1.98. The Morgan fingerprint density at radius 2 is 1.94 bits per heavy atom. The minimum atomic E-state index is 0.565. The normalized spacial score (nSPS) is 13.7. The Kier molecular flexibility index (Phi) is 2.32. The lowest BCUT2D eigenvalue weighted by atomic mass is 10.0. The van der Waals surface area contributed by atoms with E-state index in [4.69, 9.17) is 5.73 Å². The summed E-state index contributed by atoms with van der Waals surface area (Å²) in [7, 11) is 0. The van der Waals surface area contributed by atoms with Gasteiger partial charge in [-0.25, -0.2) is 9.97 Å². The Hall–Kier alpha value is -1.90. The van der Waals surface area contributed by atoms with E-state index in [-0.39, 0.29) is 0 Å². The molecule has 1 aromatic carbocycles. The molecule has 0 saturated carbocycles. The number of rotatable bonds is 1. The van der Waals surface area contributed by atoms with Gasteiger partial charge in [0.05, 0.1) is 5.69 Å². The first-order valence-corrected chi connectivity index (χ1v) is 5.95. The fraction of sp³-hybridized carbons (Fsp3) is 0.286. The van der Waals surface area contributed by atoms with E-state index in [0.29, 0.717) is 5.82 Å². The Morgan fingerprint density at radius 1 is 1.12 bits per heavy atom. The van der Waals surface area contributed by atoms with Gasteiger partial charge in [0.1, 0.15) is 12.1 Å². The van der Waals surface area contributed by atoms with E-state index in [2.05, 4.69) is 28.2 Å². The maximum Gasteiger partial charge on any atom is 0.130 e. The maximum atomic E-state index is 5.82. The van der Waals surface area contributed by atoms with Crippen LogP contribution in [0.2, 0.25) is 0 Å². The fourth-order valence-electron chi connectivity index (χ4n) is 2.47. The van der Waals surface area contributed by atoms with Gasteiger partial charge in [-0.2, -0.15) is 0 Å². The molecule has 3 heteroatoms. The fourth-order valence-corrected chi connectivity index (χ4v) is 2.47. The SMILES string of the molecule is Cc1c(N)ncnc1-c1ccc2c(c1)CCC2. The first-order chi connectivity index (χ1) is 8.25. The lowest BCUT2D eigenvalue weighted by molar-refractivity contribution is 0.912. The number of aromatic nitrogens is 2. The van der Waals surface area contributed by atoms with Crippen LogP contribution in [0.1, 0.15) is 23.1 Å². The molecule has 3 nitrogen and oxygen atoms in total. The zero-order chi connectivity index (χ0) is 11.8. The molecule has 3 rings (SSSR count). The van der Waals surface area contributed by atoms with Crippen LogP contribution in [0, 0.1) is 6.92 Å². The zero-order valence-corrected chi connectivity index (χ0v) is 9.90. The highest BCUT2D eigenvalue weighted by molar-refractivity contribution is 5.68. The Bertz CT molecular complexity index is 576. The van der Waals surface area contributed by atoms with Crippen LogP contribution in [0.4, 0.5) is 5.82 Å². The molecule has 0 unspecified atom stereocenters. The predicted octanol–water partition coefficient (Wildman–Crippen LogP) is 2.52. The van der Waals surface area contributed by atoms with E-state index >= 15 is 0 Å². The Labute approximate surface area is 101 Å². The van der Waals surface area contributed by atoms with Crippen LogP contribution in [0.3, 0.4) is 0 Å². The lowest BCUT2D eigenvalue weighted by Gasteiger charge is -2.08. The molecule has 1 heterocycles. The summed E-state index contributed by atoms with van der Waals surface area (Å²) in [4.78, 5) is 8.35. The maximum absolute atomic E-state index is 5.82. The molecule has 1 aliphatic carbocycles. The summed E-state index contributed by atoms with van der Waals surface area (Å²) in [6.45, 7) is 1.97. The number of anilines is 1. The molecule has 0 spiro atoms. The summed E-state index contributed by atoms with van der Waals surface area (Å²) in [5.74, 6) is 0.565. The van der Waals surface area contributed by atoms with E-state index in [9.17, 15) is 0 Å². The van der Waals surface area contributed by atoms with Crippen LogP contribution < -0.4 is 5.73 Å². The molecule has 2 aromatic rings. The van der Waals surface area contributed by atoms with Crippen LogP contribution in [-0.4, -0.2) is 9.97 Å². The number of fused-ring (bicyclic) bond motifs is 1. The number of nitrogen functional groups attached to an aromatic ring is 1. The van der Waals surface area contributed by atoms with Crippen molar-refractivity contribution in [3.05, 3.63) is 41.2 Å². The number of nitrogens with zero attached hydrogens (tertiary/aromatic N) is 2. The van der Waals surface area contributed by atoms with Gasteiger partial charge >= 0.3 is 0 Å². The first kappa shape index (κ1) is 10.3. The summed E-state index contributed by atoms with van der Waals surface area (Å²) < 4.78 is 0. The number of nitrogens with two attached hydrogens (primary N) is 1. The molecule has 0 fully saturated rings. The summed E-state index contributed by atoms with van der Waals surface area (Å²) in [6, 6.07) is 6.60. The van der Waals surface area contributed by atoms with Crippen LogP contribution in [0.5, 0.6) is 0 Å². The third-order valence-electron chi connectivity index (χ3n) is 3.50. The second-order valence-electron chi connectivity index (χ2n) is 4.57. The zero-order valence-electron chi connectivity index (χ0n) is 9.90. The quantitative estimate of drug-likeness (QED) is 0.811. The van der Waals surface area contributed by atoms with Crippen molar-refractivity contribution in [1.29, 1.82) is 0 Å². The highest BCUT2D eigenvalue weighted by Crippen LogP contribution is 2.29. The molecule has 2 N–H and O–H groups in total. The third-order valence-corrected chi connectivity index (χ3v) is 3.50. The largest absolute Gasteiger partial charge is 0.383 e. The van der Waals surface area contributed by atoms with Gasteiger partial charge in [0.2, 0.25) is 0 Å². The summed E-state index contributed by atoms with van der Waals surface area (Å²) in [5, 5.41) is 0. The van der Waals surface area contributed by atoms with Gasteiger partial charge in [0.15, 0.2) is 0 Å². The van der Waals surface area contributed by atoms with Gasteiger partial charge in [0.25, 0.3) is 0 Å². The highest BCUT2D eigenvalue weighted by atomic mass is 14.9. The predicted molar refractivity (Wildman–Crippen MR) is 68.6 cm³/mol. The topological polar surface area (TPSA) is 51.8 Å². The van der Waals surface area contributed by atoms with Crippen LogP contribution in [-0.2, 0) is 12.8 Å². The molecular weight excluding hydrogens is 210 g/mol. The standard InChI is InChI=1S/C14H15N3/c1-9-13(16-8-17-14(9)15)12-6-5-10-3-2-4-11(10)7-12/h5-8H,2-4H2,1H3,(H2,15,16,17). The monoisotopic (exact) mass is 225 g/mol. The number of aryl methyl sites for hydroxylation is 2. The molecular formula is C14H15N3. The van der Waals surface area contributed by atoms with E-state index in [1.807, 2.05) is 6.92 Å². The number of hydrogen-bond acceptors (Lipinski definition) is 3. The van der Waals surface area contributed by atoms with Crippen molar-refractivity contribution in [2.45, 2.75) is 26.2 Å².